The van der Waals surface area contributed by atoms with E-state index in [1.165, 1.54) is 12.1 Å². The van der Waals surface area contributed by atoms with Crippen LogP contribution in [0.15, 0.2) is 35.4 Å². The number of sulfonamides is 1. The van der Waals surface area contributed by atoms with E-state index in [0.29, 0.717) is 16.9 Å². The molecule has 122 valence electrons. The maximum absolute atomic E-state index is 12.4. The molecular formula is C15H18N4O3S. The van der Waals surface area contributed by atoms with Crippen molar-refractivity contribution in [2.45, 2.75) is 30.7 Å². The second kappa shape index (κ2) is 5.78. The normalized spacial score (nSPS) is 14.7. The molecule has 1 heterocycles. The summed E-state index contributed by atoms with van der Waals surface area (Å²) in [6.07, 6.45) is 3.43. The topological polar surface area (TPSA) is 93.1 Å². The highest BCUT2D eigenvalue weighted by molar-refractivity contribution is 7.89. The van der Waals surface area contributed by atoms with Gasteiger partial charge < -0.3 is 5.32 Å². The summed E-state index contributed by atoms with van der Waals surface area (Å²) in [5.41, 5.74) is 1.01. The van der Waals surface area contributed by atoms with Crippen LogP contribution in [-0.4, -0.2) is 30.1 Å². The van der Waals surface area contributed by atoms with E-state index in [9.17, 15) is 13.2 Å². The van der Waals surface area contributed by atoms with Crippen molar-refractivity contribution in [2.75, 3.05) is 5.32 Å². The van der Waals surface area contributed by atoms with Gasteiger partial charge in [-0.3, -0.25) is 9.48 Å². The summed E-state index contributed by atoms with van der Waals surface area (Å²) in [4.78, 5) is 12.5. The highest BCUT2D eigenvalue weighted by atomic mass is 32.2. The molecule has 0 atom stereocenters. The Hall–Kier alpha value is -2.19. The van der Waals surface area contributed by atoms with E-state index in [0.717, 1.165) is 12.8 Å². The molecule has 0 aliphatic heterocycles. The molecule has 0 unspecified atom stereocenters. The molecule has 0 saturated heterocycles. The van der Waals surface area contributed by atoms with Crippen LogP contribution >= 0.6 is 0 Å². The van der Waals surface area contributed by atoms with E-state index in [-0.39, 0.29) is 16.8 Å². The first kappa shape index (κ1) is 15.7. The van der Waals surface area contributed by atoms with Crippen molar-refractivity contribution < 1.29 is 13.2 Å². The van der Waals surface area contributed by atoms with Gasteiger partial charge in [-0.2, -0.15) is 5.10 Å². The van der Waals surface area contributed by atoms with E-state index in [2.05, 4.69) is 15.1 Å². The third-order valence-corrected chi connectivity index (χ3v) is 5.14. The monoisotopic (exact) mass is 334 g/mol. The van der Waals surface area contributed by atoms with Crippen LogP contribution in [0.3, 0.4) is 0 Å². The highest BCUT2D eigenvalue weighted by Crippen LogP contribution is 2.23. The average Bonchev–Trinajstić information content (AvgIpc) is 3.19. The lowest BCUT2D eigenvalue weighted by atomic mass is 10.1. The lowest BCUT2D eigenvalue weighted by molar-refractivity contribution is 0.102. The Morgan fingerprint density at radius 3 is 2.65 bits per heavy atom. The predicted octanol–water partition coefficient (Wildman–Crippen LogP) is 1.42. The number of carbonyl (C=O) groups is 1. The van der Waals surface area contributed by atoms with Gasteiger partial charge in [0.2, 0.25) is 10.0 Å². The number of hydrogen-bond acceptors (Lipinski definition) is 4. The van der Waals surface area contributed by atoms with Crippen molar-refractivity contribution in [1.82, 2.24) is 14.5 Å². The molecule has 3 rings (SSSR count). The zero-order chi connectivity index (χ0) is 16.6. The van der Waals surface area contributed by atoms with E-state index in [1.807, 2.05) is 0 Å². The van der Waals surface area contributed by atoms with E-state index >= 15 is 0 Å². The molecule has 1 saturated carbocycles. The number of nitrogens with zero attached hydrogens (tertiary/aromatic N) is 2. The van der Waals surface area contributed by atoms with E-state index < -0.39 is 10.0 Å². The maximum atomic E-state index is 12.4. The summed E-state index contributed by atoms with van der Waals surface area (Å²) in [6.45, 7) is 1.76. The predicted molar refractivity (Wildman–Crippen MR) is 85.7 cm³/mol. The number of aryl methyl sites for hydroxylation is 2. The van der Waals surface area contributed by atoms with Gasteiger partial charge in [-0.1, -0.05) is 6.07 Å². The van der Waals surface area contributed by atoms with Crippen LogP contribution in [0.1, 0.15) is 28.8 Å². The van der Waals surface area contributed by atoms with E-state index in [1.54, 1.807) is 37.0 Å². The molecule has 2 aromatic rings. The van der Waals surface area contributed by atoms with Gasteiger partial charge in [0, 0.05) is 30.9 Å². The second-order valence-electron chi connectivity index (χ2n) is 5.70. The van der Waals surface area contributed by atoms with Crippen molar-refractivity contribution >= 4 is 21.7 Å². The SMILES string of the molecule is Cc1ccc(S(=O)(=O)NC2CC2)cc1C(=O)Nc1ccn(C)n1. The number of amides is 1. The number of aromatic nitrogens is 2. The fourth-order valence-electron chi connectivity index (χ4n) is 2.17. The number of carbonyl (C=O) groups excluding carboxylic acids is 1. The number of benzene rings is 1. The lowest BCUT2D eigenvalue weighted by Gasteiger charge is -2.10. The van der Waals surface area contributed by atoms with Crippen LogP contribution < -0.4 is 10.0 Å². The minimum atomic E-state index is -3.59. The minimum absolute atomic E-state index is 0.0205. The van der Waals surface area contributed by atoms with Crippen LogP contribution in [0.25, 0.3) is 0 Å². The maximum Gasteiger partial charge on any atom is 0.257 e. The van der Waals surface area contributed by atoms with Crippen LogP contribution in [0.5, 0.6) is 0 Å². The van der Waals surface area contributed by atoms with Crippen LogP contribution in [0.2, 0.25) is 0 Å². The Morgan fingerprint density at radius 1 is 1.30 bits per heavy atom. The van der Waals surface area contributed by atoms with Gasteiger partial charge in [-0.05, 0) is 37.5 Å². The van der Waals surface area contributed by atoms with Gasteiger partial charge >= 0.3 is 0 Å². The number of anilines is 1. The largest absolute Gasteiger partial charge is 0.305 e. The summed E-state index contributed by atoms with van der Waals surface area (Å²) in [7, 11) is -1.84. The van der Waals surface area contributed by atoms with Gasteiger partial charge in [-0.15, -0.1) is 0 Å². The van der Waals surface area contributed by atoms with Gasteiger partial charge in [0.25, 0.3) is 5.91 Å². The number of hydrogen-bond donors (Lipinski definition) is 2. The van der Waals surface area contributed by atoms with Crippen molar-refractivity contribution in [2.24, 2.45) is 7.05 Å². The molecule has 7 nitrogen and oxygen atoms in total. The van der Waals surface area contributed by atoms with Crippen molar-refractivity contribution in [3.63, 3.8) is 0 Å². The molecule has 1 aliphatic rings. The molecular weight excluding hydrogens is 316 g/mol. The van der Waals surface area contributed by atoms with Gasteiger partial charge in [-0.25, -0.2) is 13.1 Å². The fourth-order valence-corrected chi connectivity index (χ4v) is 3.50. The first-order chi connectivity index (χ1) is 10.8. The average molecular weight is 334 g/mol. The summed E-state index contributed by atoms with van der Waals surface area (Å²) in [5, 5.41) is 6.74. The van der Waals surface area contributed by atoms with Crippen molar-refractivity contribution in [1.29, 1.82) is 0 Å². The zero-order valence-electron chi connectivity index (χ0n) is 12.9. The van der Waals surface area contributed by atoms with E-state index in [4.69, 9.17) is 0 Å². The molecule has 0 radical (unpaired) electrons. The molecule has 1 amide bonds. The second-order valence-corrected chi connectivity index (χ2v) is 7.42. The Balaban J connectivity index is 1.86. The molecule has 2 N–H and O–H groups in total. The molecule has 1 aromatic carbocycles. The molecule has 23 heavy (non-hydrogen) atoms. The first-order valence-electron chi connectivity index (χ1n) is 7.29. The van der Waals surface area contributed by atoms with Crippen molar-refractivity contribution in [3.8, 4) is 0 Å². The quantitative estimate of drug-likeness (QED) is 0.865. The smallest absolute Gasteiger partial charge is 0.257 e. The molecule has 0 spiro atoms. The van der Waals surface area contributed by atoms with Crippen LogP contribution in [-0.2, 0) is 17.1 Å². The molecule has 1 fully saturated rings. The summed E-state index contributed by atoms with van der Waals surface area (Å²) >= 11 is 0. The summed E-state index contributed by atoms with van der Waals surface area (Å²) in [6, 6.07) is 6.24. The number of rotatable bonds is 5. The third-order valence-electron chi connectivity index (χ3n) is 3.62. The Labute approximate surface area is 134 Å². The Bertz CT molecular complexity index is 853. The minimum Gasteiger partial charge on any atom is -0.305 e. The Kier molecular flexibility index (Phi) is 3.95. The standard InChI is InChI=1S/C15H18N4O3S/c1-10-3-6-12(23(21,22)18-11-4-5-11)9-13(10)15(20)16-14-7-8-19(2)17-14/h3,6-9,11,18H,4-5H2,1-2H3,(H,16,17,20). The summed E-state index contributed by atoms with van der Waals surface area (Å²) in [5.74, 6) is 0.0333. The third kappa shape index (κ3) is 3.59. The number of nitrogens with one attached hydrogen (secondary N) is 2. The summed E-state index contributed by atoms with van der Waals surface area (Å²) < 4.78 is 28.7. The zero-order valence-corrected chi connectivity index (χ0v) is 13.7. The Morgan fingerprint density at radius 2 is 2.04 bits per heavy atom. The first-order valence-corrected chi connectivity index (χ1v) is 8.77. The fraction of sp³-hybridized carbons (Fsp3) is 0.333. The molecule has 0 bridgehead atoms. The molecule has 1 aliphatic carbocycles. The van der Waals surface area contributed by atoms with Gasteiger partial charge in [0.1, 0.15) is 0 Å². The highest BCUT2D eigenvalue weighted by Gasteiger charge is 2.28. The van der Waals surface area contributed by atoms with Crippen LogP contribution in [0, 0.1) is 6.92 Å². The lowest BCUT2D eigenvalue weighted by Crippen LogP contribution is -2.26. The van der Waals surface area contributed by atoms with Crippen molar-refractivity contribution in [3.05, 3.63) is 41.6 Å². The molecule has 1 aromatic heterocycles. The van der Waals surface area contributed by atoms with Crippen LogP contribution in [0.4, 0.5) is 5.82 Å². The van der Waals surface area contributed by atoms with Gasteiger partial charge in [0.15, 0.2) is 5.82 Å². The molecule has 8 heteroatoms. The van der Waals surface area contributed by atoms with Gasteiger partial charge in [0.05, 0.1) is 4.90 Å².